The first-order chi connectivity index (χ1) is 10.2. The summed E-state index contributed by atoms with van der Waals surface area (Å²) in [6.45, 7) is 7.17. The van der Waals surface area contributed by atoms with Crippen molar-refractivity contribution in [1.29, 1.82) is 0 Å². The van der Waals surface area contributed by atoms with Crippen LogP contribution in [0.5, 0.6) is 0 Å². The summed E-state index contributed by atoms with van der Waals surface area (Å²) in [5, 5.41) is 6.19. The van der Waals surface area contributed by atoms with Gasteiger partial charge in [0.05, 0.1) is 6.61 Å². The Bertz CT molecular complexity index is 446. The Kier molecular flexibility index (Phi) is 5.99. The van der Waals surface area contributed by atoms with E-state index in [1.807, 2.05) is 19.1 Å². The summed E-state index contributed by atoms with van der Waals surface area (Å²) in [7, 11) is 0. The molecule has 0 saturated carbocycles. The molecule has 116 valence electrons. The van der Waals surface area contributed by atoms with Crippen LogP contribution in [0, 0.1) is 5.92 Å². The van der Waals surface area contributed by atoms with Gasteiger partial charge < -0.3 is 15.4 Å². The zero-order chi connectivity index (χ0) is 15.1. The third-order valence-corrected chi connectivity index (χ3v) is 3.58. The van der Waals surface area contributed by atoms with Gasteiger partial charge in [-0.1, -0.05) is 13.3 Å². The molecule has 0 aromatic carbocycles. The van der Waals surface area contributed by atoms with Gasteiger partial charge in [-0.15, -0.1) is 0 Å². The van der Waals surface area contributed by atoms with Crippen molar-refractivity contribution in [2.45, 2.75) is 33.1 Å². The summed E-state index contributed by atoms with van der Waals surface area (Å²) in [5.74, 6) is 1.19. The largest absolute Gasteiger partial charge is 0.381 e. The molecule has 1 saturated heterocycles. The van der Waals surface area contributed by atoms with E-state index in [9.17, 15) is 4.79 Å². The van der Waals surface area contributed by atoms with Crippen molar-refractivity contribution in [3.05, 3.63) is 23.4 Å². The summed E-state index contributed by atoms with van der Waals surface area (Å²) in [6, 6.07) is 3.72. The van der Waals surface area contributed by atoms with Crippen LogP contribution in [0.3, 0.4) is 0 Å². The molecule has 1 fully saturated rings. The molecule has 2 N–H and O–H groups in total. The van der Waals surface area contributed by atoms with E-state index >= 15 is 0 Å². The van der Waals surface area contributed by atoms with Crippen molar-refractivity contribution < 1.29 is 9.53 Å². The molecule has 2 rings (SSSR count). The summed E-state index contributed by atoms with van der Waals surface area (Å²) >= 11 is 0. The van der Waals surface area contributed by atoms with Gasteiger partial charge in [-0.2, -0.15) is 0 Å². The van der Waals surface area contributed by atoms with E-state index in [0.29, 0.717) is 18.0 Å². The van der Waals surface area contributed by atoms with Gasteiger partial charge in [0, 0.05) is 36.9 Å². The summed E-state index contributed by atoms with van der Waals surface area (Å²) in [5.41, 5.74) is 1.65. The number of anilines is 1. The van der Waals surface area contributed by atoms with Crippen LogP contribution in [0.25, 0.3) is 0 Å². The molecule has 21 heavy (non-hydrogen) atoms. The normalized spacial score (nSPS) is 17.7. The molecular formula is C16H25N3O2. The Balaban J connectivity index is 2.03. The minimum absolute atomic E-state index is 0.0270. The van der Waals surface area contributed by atoms with Gasteiger partial charge in [0.15, 0.2) is 0 Å². The van der Waals surface area contributed by atoms with Crippen LogP contribution in [0.15, 0.2) is 12.1 Å². The fraction of sp³-hybridized carbons (Fsp3) is 0.625. The van der Waals surface area contributed by atoms with E-state index in [1.54, 1.807) is 0 Å². The quantitative estimate of drug-likeness (QED) is 0.808. The van der Waals surface area contributed by atoms with E-state index < -0.39 is 0 Å². The van der Waals surface area contributed by atoms with Gasteiger partial charge in [0.25, 0.3) is 5.91 Å². The van der Waals surface area contributed by atoms with Crippen molar-refractivity contribution in [1.82, 2.24) is 10.3 Å². The minimum atomic E-state index is -0.0270. The van der Waals surface area contributed by atoms with Crippen molar-refractivity contribution >= 4 is 11.7 Å². The number of aromatic nitrogens is 1. The molecule has 1 aromatic rings. The Morgan fingerprint density at radius 1 is 1.43 bits per heavy atom. The smallest absolute Gasteiger partial charge is 0.251 e. The lowest BCUT2D eigenvalue weighted by molar-refractivity contribution is 0.0945. The van der Waals surface area contributed by atoms with Crippen LogP contribution in [-0.2, 0) is 11.2 Å². The fourth-order valence-corrected chi connectivity index (χ4v) is 2.46. The third-order valence-electron chi connectivity index (χ3n) is 3.58. The van der Waals surface area contributed by atoms with Crippen LogP contribution in [0.1, 0.15) is 42.7 Å². The highest BCUT2D eigenvalue weighted by atomic mass is 16.5. The summed E-state index contributed by atoms with van der Waals surface area (Å²) in [4.78, 5) is 16.8. The lowest BCUT2D eigenvalue weighted by Gasteiger charge is -2.12. The Labute approximate surface area is 126 Å². The predicted molar refractivity (Wildman–Crippen MR) is 83.7 cm³/mol. The van der Waals surface area contributed by atoms with Gasteiger partial charge >= 0.3 is 0 Å². The average Bonchev–Trinajstić information content (AvgIpc) is 2.98. The molecule has 1 atom stereocenters. The van der Waals surface area contributed by atoms with Crippen molar-refractivity contribution in [2.24, 2.45) is 5.92 Å². The van der Waals surface area contributed by atoms with Gasteiger partial charge in [0.2, 0.25) is 0 Å². The molecule has 0 aliphatic carbocycles. The maximum Gasteiger partial charge on any atom is 0.251 e. The lowest BCUT2D eigenvalue weighted by Crippen LogP contribution is -2.29. The first-order valence-corrected chi connectivity index (χ1v) is 7.83. The molecule has 5 nitrogen and oxygen atoms in total. The molecule has 0 spiro atoms. The minimum Gasteiger partial charge on any atom is -0.381 e. The molecule has 2 heterocycles. The molecule has 0 bridgehead atoms. The number of carbonyl (C=O) groups is 1. The number of pyridine rings is 1. The molecule has 1 unspecified atom stereocenters. The molecular weight excluding hydrogens is 266 g/mol. The van der Waals surface area contributed by atoms with Gasteiger partial charge in [-0.25, -0.2) is 4.98 Å². The fourth-order valence-electron chi connectivity index (χ4n) is 2.46. The number of nitrogens with one attached hydrogen (secondary N) is 2. The number of nitrogens with zero attached hydrogens (tertiary/aromatic N) is 1. The Morgan fingerprint density at radius 3 is 2.95 bits per heavy atom. The summed E-state index contributed by atoms with van der Waals surface area (Å²) in [6.07, 6.45) is 2.93. The standard InChI is InChI=1S/C16H25N3O2/c1-3-5-14-8-13(9-15(19-14)17-4-2)16(20)18-10-12-6-7-21-11-12/h8-9,12H,3-7,10-11H2,1-2H3,(H,17,19)(H,18,20). The monoisotopic (exact) mass is 291 g/mol. The van der Waals surface area contributed by atoms with Gasteiger partial charge in [-0.3, -0.25) is 4.79 Å². The van der Waals surface area contributed by atoms with E-state index in [-0.39, 0.29) is 5.91 Å². The molecule has 1 aliphatic rings. The molecule has 1 aliphatic heterocycles. The van der Waals surface area contributed by atoms with E-state index in [4.69, 9.17) is 4.74 Å². The van der Waals surface area contributed by atoms with Crippen LogP contribution in [0.2, 0.25) is 0 Å². The highest BCUT2D eigenvalue weighted by Gasteiger charge is 2.17. The number of aryl methyl sites for hydroxylation is 1. The number of amides is 1. The first-order valence-electron chi connectivity index (χ1n) is 7.83. The zero-order valence-electron chi connectivity index (χ0n) is 12.9. The second kappa shape index (κ2) is 7.98. The first kappa shape index (κ1) is 15.8. The molecule has 1 amide bonds. The highest BCUT2D eigenvalue weighted by Crippen LogP contribution is 2.14. The van der Waals surface area contributed by atoms with Crippen LogP contribution >= 0.6 is 0 Å². The average molecular weight is 291 g/mol. The molecule has 0 radical (unpaired) electrons. The van der Waals surface area contributed by atoms with Crippen molar-refractivity contribution in [3.8, 4) is 0 Å². The lowest BCUT2D eigenvalue weighted by atomic mass is 10.1. The maximum atomic E-state index is 12.3. The number of hydrogen-bond acceptors (Lipinski definition) is 4. The number of rotatable bonds is 7. The Morgan fingerprint density at radius 2 is 2.29 bits per heavy atom. The van der Waals surface area contributed by atoms with E-state index in [0.717, 1.165) is 50.5 Å². The number of ether oxygens (including phenoxy) is 1. The maximum absolute atomic E-state index is 12.3. The highest BCUT2D eigenvalue weighted by molar-refractivity contribution is 5.95. The van der Waals surface area contributed by atoms with Crippen LogP contribution in [-0.4, -0.2) is 37.2 Å². The second-order valence-corrected chi connectivity index (χ2v) is 5.45. The zero-order valence-corrected chi connectivity index (χ0v) is 12.9. The molecule has 1 aromatic heterocycles. The van der Waals surface area contributed by atoms with Crippen molar-refractivity contribution in [3.63, 3.8) is 0 Å². The van der Waals surface area contributed by atoms with E-state index in [2.05, 4.69) is 22.5 Å². The number of carbonyl (C=O) groups excluding carboxylic acids is 1. The van der Waals surface area contributed by atoms with E-state index in [1.165, 1.54) is 0 Å². The van der Waals surface area contributed by atoms with Crippen LogP contribution < -0.4 is 10.6 Å². The SMILES string of the molecule is CCCc1cc(C(=O)NCC2CCOC2)cc(NCC)n1. The van der Waals surface area contributed by atoms with Gasteiger partial charge in [0.1, 0.15) is 5.82 Å². The van der Waals surface area contributed by atoms with Crippen molar-refractivity contribution in [2.75, 3.05) is 31.6 Å². The topological polar surface area (TPSA) is 63.2 Å². The summed E-state index contributed by atoms with van der Waals surface area (Å²) < 4.78 is 5.33. The predicted octanol–water partition coefficient (Wildman–Crippen LogP) is 2.23. The van der Waals surface area contributed by atoms with Crippen LogP contribution in [0.4, 0.5) is 5.82 Å². The Hall–Kier alpha value is -1.62. The third kappa shape index (κ3) is 4.70. The second-order valence-electron chi connectivity index (χ2n) is 5.45. The molecule has 5 heteroatoms. The van der Waals surface area contributed by atoms with Gasteiger partial charge in [-0.05, 0) is 31.9 Å². The number of hydrogen-bond donors (Lipinski definition) is 2.